The number of morpholine rings is 1. The molecular weight excluding hydrogens is 216 g/mol. The van der Waals surface area contributed by atoms with Crippen LogP contribution in [0.15, 0.2) is 6.33 Å². The van der Waals surface area contributed by atoms with Crippen LogP contribution in [0.1, 0.15) is 6.92 Å². The van der Waals surface area contributed by atoms with Gasteiger partial charge in [-0.05, 0) is 6.92 Å². The van der Waals surface area contributed by atoms with Gasteiger partial charge in [-0.25, -0.2) is 9.97 Å². The summed E-state index contributed by atoms with van der Waals surface area (Å²) in [6.45, 7) is 4.21. The van der Waals surface area contributed by atoms with E-state index < -0.39 is 0 Å². The fraction of sp³-hybridized carbons (Fsp3) is 0.556. The smallest absolute Gasteiger partial charge is 0.157 e. The van der Waals surface area contributed by atoms with E-state index in [-0.39, 0.29) is 6.04 Å². The van der Waals surface area contributed by atoms with Crippen molar-refractivity contribution in [3.05, 3.63) is 11.5 Å². The van der Waals surface area contributed by atoms with Crippen molar-refractivity contribution in [2.24, 2.45) is 0 Å². The number of rotatable bonds is 1. The average molecular weight is 229 g/mol. The topological polar surface area (TPSA) is 64.3 Å². The Morgan fingerprint density at radius 2 is 2.40 bits per heavy atom. The predicted octanol–water partition coefficient (Wildman–Crippen LogP) is 0.937. The third kappa shape index (κ3) is 1.98. The molecule has 0 amide bonds. The number of hydrogen-bond donors (Lipinski definition) is 1. The maximum Gasteiger partial charge on any atom is 0.157 e. The molecule has 0 saturated carbocycles. The molecule has 5 nitrogen and oxygen atoms in total. The molecule has 15 heavy (non-hydrogen) atoms. The van der Waals surface area contributed by atoms with Crippen molar-refractivity contribution in [1.82, 2.24) is 9.97 Å². The zero-order chi connectivity index (χ0) is 10.8. The van der Waals surface area contributed by atoms with E-state index in [9.17, 15) is 0 Å². The van der Waals surface area contributed by atoms with Gasteiger partial charge < -0.3 is 15.4 Å². The van der Waals surface area contributed by atoms with Gasteiger partial charge in [-0.3, -0.25) is 0 Å². The molecule has 0 aliphatic carbocycles. The molecule has 0 radical (unpaired) electrons. The Morgan fingerprint density at radius 1 is 1.60 bits per heavy atom. The molecule has 2 rings (SSSR count). The van der Waals surface area contributed by atoms with Crippen LogP contribution < -0.4 is 10.6 Å². The highest BCUT2D eigenvalue weighted by atomic mass is 35.5. The van der Waals surface area contributed by atoms with Crippen molar-refractivity contribution in [2.75, 3.05) is 30.4 Å². The van der Waals surface area contributed by atoms with Crippen LogP contribution in [0.4, 0.5) is 11.5 Å². The van der Waals surface area contributed by atoms with Gasteiger partial charge in [0.2, 0.25) is 0 Å². The largest absolute Gasteiger partial charge is 0.393 e. The lowest BCUT2D eigenvalue weighted by Crippen LogP contribution is -2.44. The number of nitrogens with zero attached hydrogens (tertiary/aromatic N) is 3. The van der Waals surface area contributed by atoms with Crippen molar-refractivity contribution in [1.29, 1.82) is 0 Å². The number of hydrogen-bond acceptors (Lipinski definition) is 5. The molecule has 1 aromatic rings. The first-order chi connectivity index (χ1) is 7.20. The van der Waals surface area contributed by atoms with Gasteiger partial charge in [0.25, 0.3) is 0 Å². The van der Waals surface area contributed by atoms with Gasteiger partial charge in [0, 0.05) is 6.54 Å². The number of anilines is 2. The van der Waals surface area contributed by atoms with Crippen LogP contribution in [0, 0.1) is 0 Å². The van der Waals surface area contributed by atoms with Gasteiger partial charge >= 0.3 is 0 Å². The maximum absolute atomic E-state index is 5.85. The minimum absolute atomic E-state index is 0.256. The zero-order valence-electron chi connectivity index (χ0n) is 8.48. The van der Waals surface area contributed by atoms with E-state index in [1.807, 2.05) is 0 Å². The van der Waals surface area contributed by atoms with Gasteiger partial charge in [-0.2, -0.15) is 0 Å². The van der Waals surface area contributed by atoms with Gasteiger partial charge in [-0.1, -0.05) is 11.6 Å². The number of nitrogen functional groups attached to an aromatic ring is 1. The molecule has 1 unspecified atom stereocenters. The Balaban J connectivity index is 2.31. The second-order valence-corrected chi connectivity index (χ2v) is 3.88. The van der Waals surface area contributed by atoms with E-state index in [4.69, 9.17) is 22.1 Å². The second-order valence-electron chi connectivity index (χ2n) is 3.52. The van der Waals surface area contributed by atoms with E-state index in [0.717, 1.165) is 6.54 Å². The van der Waals surface area contributed by atoms with Gasteiger partial charge in [0.1, 0.15) is 12.0 Å². The molecule has 1 aliphatic heterocycles. The van der Waals surface area contributed by atoms with Crippen LogP contribution in [0.3, 0.4) is 0 Å². The van der Waals surface area contributed by atoms with Crippen LogP contribution in [0.25, 0.3) is 0 Å². The summed E-state index contributed by atoms with van der Waals surface area (Å²) in [6, 6.07) is 0.256. The number of halogens is 1. The van der Waals surface area contributed by atoms with Crippen molar-refractivity contribution >= 4 is 23.1 Å². The van der Waals surface area contributed by atoms with E-state index in [1.165, 1.54) is 6.33 Å². The van der Waals surface area contributed by atoms with Crippen molar-refractivity contribution in [3.8, 4) is 0 Å². The molecule has 1 aliphatic rings. The van der Waals surface area contributed by atoms with Gasteiger partial charge in [0.15, 0.2) is 11.0 Å². The van der Waals surface area contributed by atoms with E-state index >= 15 is 0 Å². The molecule has 0 bridgehead atoms. The lowest BCUT2D eigenvalue weighted by molar-refractivity contribution is 0.0986. The normalized spacial score (nSPS) is 21.7. The van der Waals surface area contributed by atoms with E-state index in [2.05, 4.69) is 21.8 Å². The number of nitrogens with two attached hydrogens (primary N) is 1. The molecule has 1 saturated heterocycles. The van der Waals surface area contributed by atoms with Crippen LogP contribution in [-0.2, 0) is 4.74 Å². The minimum Gasteiger partial charge on any atom is -0.393 e. The fourth-order valence-corrected chi connectivity index (χ4v) is 1.76. The highest BCUT2D eigenvalue weighted by molar-refractivity contribution is 6.32. The molecule has 2 heterocycles. The summed E-state index contributed by atoms with van der Waals surface area (Å²) >= 11 is 5.85. The summed E-state index contributed by atoms with van der Waals surface area (Å²) in [5.74, 6) is 0.700. The number of aromatic nitrogens is 2. The van der Waals surface area contributed by atoms with Crippen LogP contribution in [0.5, 0.6) is 0 Å². The SMILES string of the molecule is CC1COCCN1c1ncnc(Cl)c1N. The highest BCUT2D eigenvalue weighted by Gasteiger charge is 2.22. The zero-order valence-corrected chi connectivity index (χ0v) is 9.24. The first-order valence-electron chi connectivity index (χ1n) is 4.80. The van der Waals surface area contributed by atoms with Crippen LogP contribution in [0.2, 0.25) is 5.15 Å². The third-order valence-corrected chi connectivity index (χ3v) is 2.76. The van der Waals surface area contributed by atoms with Gasteiger partial charge in [-0.15, -0.1) is 0 Å². The third-order valence-electron chi connectivity index (χ3n) is 2.45. The van der Waals surface area contributed by atoms with Crippen LogP contribution >= 0.6 is 11.6 Å². The molecule has 0 spiro atoms. The standard InChI is InChI=1S/C9H13ClN4O/c1-6-4-15-3-2-14(6)9-7(11)8(10)12-5-13-9/h5-6H,2-4,11H2,1H3. The molecule has 0 aromatic carbocycles. The molecule has 2 N–H and O–H groups in total. The Labute approximate surface area is 93.2 Å². The monoisotopic (exact) mass is 228 g/mol. The first-order valence-corrected chi connectivity index (χ1v) is 5.18. The summed E-state index contributed by atoms with van der Waals surface area (Å²) < 4.78 is 5.34. The first kappa shape index (κ1) is 10.4. The molecule has 6 heteroatoms. The molecule has 1 fully saturated rings. The Bertz CT molecular complexity index is 360. The summed E-state index contributed by atoms with van der Waals surface area (Å²) in [4.78, 5) is 10.1. The summed E-state index contributed by atoms with van der Waals surface area (Å²) in [6.07, 6.45) is 1.43. The average Bonchev–Trinajstić information content (AvgIpc) is 2.23. The van der Waals surface area contributed by atoms with E-state index in [0.29, 0.717) is 29.9 Å². The lowest BCUT2D eigenvalue weighted by Gasteiger charge is -2.34. The van der Waals surface area contributed by atoms with Crippen LogP contribution in [-0.4, -0.2) is 35.8 Å². The lowest BCUT2D eigenvalue weighted by atomic mass is 10.2. The Hall–Kier alpha value is -1.07. The van der Waals surface area contributed by atoms with Crippen molar-refractivity contribution in [3.63, 3.8) is 0 Å². The summed E-state index contributed by atoms with van der Waals surface area (Å²) in [5.41, 5.74) is 6.27. The Kier molecular flexibility index (Phi) is 2.93. The summed E-state index contributed by atoms with van der Waals surface area (Å²) in [7, 11) is 0. The fourth-order valence-electron chi connectivity index (χ4n) is 1.64. The molecular formula is C9H13ClN4O. The van der Waals surface area contributed by atoms with Gasteiger partial charge in [0.05, 0.1) is 19.3 Å². The number of ether oxygens (including phenoxy) is 1. The minimum atomic E-state index is 0.256. The van der Waals surface area contributed by atoms with Crippen molar-refractivity contribution in [2.45, 2.75) is 13.0 Å². The van der Waals surface area contributed by atoms with E-state index in [1.54, 1.807) is 0 Å². The second kappa shape index (κ2) is 4.20. The summed E-state index contributed by atoms with van der Waals surface area (Å²) in [5, 5.41) is 0.304. The quantitative estimate of drug-likeness (QED) is 0.725. The molecule has 1 atom stereocenters. The highest BCUT2D eigenvalue weighted by Crippen LogP contribution is 2.27. The predicted molar refractivity (Wildman–Crippen MR) is 59.1 cm³/mol. The maximum atomic E-state index is 5.85. The molecule has 82 valence electrons. The molecule has 1 aromatic heterocycles. The van der Waals surface area contributed by atoms with Crippen molar-refractivity contribution < 1.29 is 4.74 Å². The Morgan fingerprint density at radius 3 is 3.13 bits per heavy atom.